The van der Waals surface area contributed by atoms with Gasteiger partial charge in [0.05, 0.1) is 0 Å². The summed E-state index contributed by atoms with van der Waals surface area (Å²) in [6.45, 7) is 4.27. The fourth-order valence-electron chi connectivity index (χ4n) is 1.73. The molecule has 4 nitrogen and oxygen atoms in total. The molecule has 0 saturated heterocycles. The molecule has 0 radical (unpaired) electrons. The summed E-state index contributed by atoms with van der Waals surface area (Å²) in [5, 5.41) is 9.47. The van der Waals surface area contributed by atoms with Gasteiger partial charge in [-0.1, -0.05) is 49.3 Å². The number of hydrogen-bond donors (Lipinski definition) is 1. The Labute approximate surface area is 128 Å². The fourth-order valence-corrected chi connectivity index (χ4v) is 2.65. The predicted molar refractivity (Wildman–Crippen MR) is 80.4 cm³/mol. The molecule has 20 heavy (non-hydrogen) atoms. The molecule has 1 heterocycles. The lowest BCUT2D eigenvalue weighted by Gasteiger charge is -2.09. The van der Waals surface area contributed by atoms with Crippen LogP contribution in [0.5, 0.6) is 0 Å². The zero-order chi connectivity index (χ0) is 14.5. The van der Waals surface area contributed by atoms with Crippen LogP contribution in [0.4, 0.5) is 0 Å². The topological polar surface area (TPSA) is 66.6 Å². The molecule has 2 aromatic rings. The van der Waals surface area contributed by atoms with E-state index < -0.39 is 0 Å². The summed E-state index contributed by atoms with van der Waals surface area (Å²) in [5.41, 5.74) is 5.23. The summed E-state index contributed by atoms with van der Waals surface area (Å²) in [5.74, 6) is 1.81. The van der Waals surface area contributed by atoms with E-state index in [1.165, 1.54) is 11.8 Å². The maximum Gasteiger partial charge on any atom is 0.277 e. The molecule has 0 spiro atoms. The summed E-state index contributed by atoms with van der Waals surface area (Å²) in [4.78, 5) is 0. The Hall–Kier alpha value is -1.04. The molecule has 0 unspecified atom stereocenters. The maximum atomic E-state index is 5.95. The van der Waals surface area contributed by atoms with Crippen molar-refractivity contribution in [1.82, 2.24) is 10.2 Å². The fraction of sp³-hybridized carbons (Fsp3) is 0.429. The predicted octanol–water partition coefficient (Wildman–Crippen LogP) is 3.34. The van der Waals surface area contributed by atoms with Crippen LogP contribution < -0.4 is 5.73 Å². The van der Waals surface area contributed by atoms with Crippen LogP contribution in [0.25, 0.3) is 0 Å². The van der Waals surface area contributed by atoms with Crippen molar-refractivity contribution >= 4 is 23.4 Å². The van der Waals surface area contributed by atoms with Crippen LogP contribution in [0.3, 0.4) is 0 Å². The lowest BCUT2D eigenvalue weighted by atomic mass is 10.0. The Morgan fingerprint density at radius 1 is 1.40 bits per heavy atom. The summed E-state index contributed by atoms with van der Waals surface area (Å²) in [6.07, 6.45) is 1.04. The van der Waals surface area contributed by atoms with Crippen LogP contribution in [0, 0.1) is 5.92 Å². The average Bonchev–Trinajstić information content (AvgIpc) is 2.92. The van der Waals surface area contributed by atoms with Gasteiger partial charge in [0.1, 0.15) is 0 Å². The van der Waals surface area contributed by atoms with Crippen molar-refractivity contribution in [3.63, 3.8) is 0 Å². The minimum absolute atomic E-state index is 0.0491. The van der Waals surface area contributed by atoms with Gasteiger partial charge in [-0.2, -0.15) is 0 Å². The Morgan fingerprint density at radius 3 is 2.90 bits per heavy atom. The first-order chi connectivity index (χ1) is 9.60. The van der Waals surface area contributed by atoms with Gasteiger partial charge in [0, 0.05) is 16.7 Å². The number of hydrogen-bond acceptors (Lipinski definition) is 4. The van der Waals surface area contributed by atoms with E-state index in [4.69, 9.17) is 16.0 Å². The molecular formula is C14H19ClN3OS+. The van der Waals surface area contributed by atoms with Crippen molar-refractivity contribution < 1.29 is 10.2 Å². The van der Waals surface area contributed by atoms with Gasteiger partial charge < -0.3 is 10.2 Å². The highest BCUT2D eigenvalue weighted by molar-refractivity contribution is 7.98. The number of halogens is 1. The lowest BCUT2D eigenvalue weighted by Crippen LogP contribution is -2.56. The average molecular weight is 313 g/mol. The normalized spacial score (nSPS) is 14.2. The van der Waals surface area contributed by atoms with Crippen molar-refractivity contribution in [2.75, 3.05) is 0 Å². The van der Waals surface area contributed by atoms with E-state index in [1.54, 1.807) is 0 Å². The van der Waals surface area contributed by atoms with Gasteiger partial charge in [-0.25, -0.2) is 0 Å². The number of nitrogens with zero attached hydrogens (tertiary/aromatic N) is 2. The zero-order valence-electron chi connectivity index (χ0n) is 11.7. The standard InChI is InChI=1S/C14H18ClN3OS/c1-3-9(2)12(16)13-17-18-14(19-13)20-8-10-5-4-6-11(15)7-10/h4-7,9,12H,3,8,16H2,1-2H3/p+1/t9-,12+/m1/s1. The van der Waals surface area contributed by atoms with E-state index in [-0.39, 0.29) is 6.04 Å². The van der Waals surface area contributed by atoms with Crippen LogP contribution >= 0.6 is 23.4 Å². The number of aromatic nitrogens is 2. The van der Waals surface area contributed by atoms with Crippen molar-refractivity contribution in [2.45, 2.75) is 37.3 Å². The molecule has 1 aromatic heterocycles. The molecule has 0 aliphatic rings. The highest BCUT2D eigenvalue weighted by Crippen LogP contribution is 2.26. The first kappa shape index (κ1) is 15.4. The monoisotopic (exact) mass is 312 g/mol. The third-order valence-electron chi connectivity index (χ3n) is 3.32. The van der Waals surface area contributed by atoms with E-state index in [2.05, 4.69) is 29.8 Å². The second-order valence-corrected chi connectivity index (χ2v) is 6.18. The Balaban J connectivity index is 1.96. The maximum absolute atomic E-state index is 5.95. The van der Waals surface area contributed by atoms with Gasteiger partial charge in [-0.3, -0.25) is 0 Å². The minimum Gasteiger partial charge on any atom is -0.410 e. The quantitative estimate of drug-likeness (QED) is 0.831. The van der Waals surface area contributed by atoms with E-state index >= 15 is 0 Å². The molecule has 0 fully saturated rings. The second-order valence-electron chi connectivity index (χ2n) is 4.82. The van der Waals surface area contributed by atoms with Crippen LogP contribution in [0.1, 0.15) is 37.8 Å². The number of benzene rings is 1. The number of quaternary nitrogens is 1. The number of rotatable bonds is 6. The Bertz CT molecular complexity index is 561. The van der Waals surface area contributed by atoms with Gasteiger partial charge in [-0.05, 0) is 24.1 Å². The molecule has 3 N–H and O–H groups in total. The van der Waals surface area contributed by atoms with Crippen LogP contribution in [0.2, 0.25) is 5.02 Å². The van der Waals surface area contributed by atoms with E-state index in [0.29, 0.717) is 17.0 Å². The van der Waals surface area contributed by atoms with E-state index in [1.807, 2.05) is 24.3 Å². The molecule has 2 atom stereocenters. The smallest absolute Gasteiger partial charge is 0.277 e. The third kappa shape index (κ3) is 3.98. The molecule has 108 valence electrons. The molecule has 0 bridgehead atoms. The van der Waals surface area contributed by atoms with E-state index in [0.717, 1.165) is 22.8 Å². The largest absolute Gasteiger partial charge is 0.410 e. The highest BCUT2D eigenvalue weighted by Gasteiger charge is 2.23. The van der Waals surface area contributed by atoms with Gasteiger partial charge >= 0.3 is 0 Å². The van der Waals surface area contributed by atoms with Gasteiger partial charge in [0.25, 0.3) is 11.1 Å². The molecule has 1 aromatic carbocycles. The Morgan fingerprint density at radius 2 is 2.20 bits per heavy atom. The molecular weight excluding hydrogens is 294 g/mol. The van der Waals surface area contributed by atoms with Crippen molar-refractivity contribution in [3.05, 3.63) is 40.7 Å². The van der Waals surface area contributed by atoms with Crippen molar-refractivity contribution in [1.29, 1.82) is 0 Å². The number of thioether (sulfide) groups is 1. The zero-order valence-corrected chi connectivity index (χ0v) is 13.2. The first-order valence-corrected chi connectivity index (χ1v) is 8.00. The van der Waals surface area contributed by atoms with Gasteiger partial charge in [0.15, 0.2) is 6.04 Å². The summed E-state index contributed by atoms with van der Waals surface area (Å²) >= 11 is 7.47. The molecule has 0 amide bonds. The van der Waals surface area contributed by atoms with Gasteiger partial charge in [0.2, 0.25) is 0 Å². The van der Waals surface area contributed by atoms with Crippen LogP contribution in [0.15, 0.2) is 33.9 Å². The SMILES string of the molecule is CC[C@@H](C)[C@H]([NH3+])c1nnc(SCc2cccc(Cl)c2)o1. The van der Waals surface area contributed by atoms with Crippen molar-refractivity contribution in [2.24, 2.45) is 5.92 Å². The summed E-state index contributed by atoms with van der Waals surface area (Å²) < 4.78 is 5.67. The molecule has 0 aliphatic heterocycles. The molecule has 0 aliphatic carbocycles. The van der Waals surface area contributed by atoms with Crippen molar-refractivity contribution in [3.8, 4) is 0 Å². The first-order valence-electron chi connectivity index (χ1n) is 6.64. The van der Waals surface area contributed by atoms with Crippen LogP contribution in [-0.4, -0.2) is 10.2 Å². The van der Waals surface area contributed by atoms with E-state index in [9.17, 15) is 0 Å². The van der Waals surface area contributed by atoms with Crippen LogP contribution in [-0.2, 0) is 5.75 Å². The highest BCUT2D eigenvalue weighted by atomic mass is 35.5. The molecule has 0 saturated carbocycles. The minimum atomic E-state index is 0.0491. The molecule has 2 rings (SSSR count). The molecule has 6 heteroatoms. The summed E-state index contributed by atoms with van der Waals surface area (Å²) in [7, 11) is 0. The summed E-state index contributed by atoms with van der Waals surface area (Å²) in [6, 6.07) is 7.81. The lowest BCUT2D eigenvalue weighted by molar-refractivity contribution is -0.444. The Kier molecular flexibility index (Phi) is 5.46. The van der Waals surface area contributed by atoms with Gasteiger partial charge in [-0.15, -0.1) is 10.2 Å². The third-order valence-corrected chi connectivity index (χ3v) is 4.45. The second kappa shape index (κ2) is 7.11.